The Kier molecular flexibility index (Phi) is 3.42. The molecule has 0 aliphatic carbocycles. The van der Waals surface area contributed by atoms with Gasteiger partial charge >= 0.3 is 0 Å². The first-order valence-corrected chi connectivity index (χ1v) is 8.37. The number of fused-ring (bicyclic) bond motifs is 1. The number of thioether (sulfide) groups is 1. The van der Waals surface area contributed by atoms with E-state index in [4.69, 9.17) is 5.73 Å². The standard InChI is InChI=1S/C12H12N4S3/c1-6-7(2)19-11-9(6)10(13)15-8(16-11)5-18-12-14-3-4-17-12/h3-4H,5H2,1-2H3,(H2,13,15,16). The molecule has 0 aliphatic rings. The summed E-state index contributed by atoms with van der Waals surface area (Å²) in [4.78, 5) is 15.5. The first-order chi connectivity index (χ1) is 9.15. The van der Waals surface area contributed by atoms with Crippen molar-refractivity contribution in [1.82, 2.24) is 15.0 Å². The van der Waals surface area contributed by atoms with E-state index in [9.17, 15) is 0 Å². The van der Waals surface area contributed by atoms with Gasteiger partial charge in [-0.3, -0.25) is 0 Å². The van der Waals surface area contributed by atoms with Gasteiger partial charge in [-0.1, -0.05) is 11.8 Å². The molecule has 0 radical (unpaired) electrons. The molecular formula is C12H12N4S3. The summed E-state index contributed by atoms with van der Waals surface area (Å²) in [5.74, 6) is 2.05. The topological polar surface area (TPSA) is 64.7 Å². The monoisotopic (exact) mass is 308 g/mol. The van der Waals surface area contributed by atoms with Gasteiger partial charge in [-0.2, -0.15) is 0 Å². The largest absolute Gasteiger partial charge is 0.383 e. The third-order valence-electron chi connectivity index (χ3n) is 2.84. The highest BCUT2D eigenvalue weighted by Gasteiger charge is 2.12. The lowest BCUT2D eigenvalue weighted by molar-refractivity contribution is 1.08. The summed E-state index contributed by atoms with van der Waals surface area (Å²) in [6.07, 6.45) is 1.80. The van der Waals surface area contributed by atoms with Crippen molar-refractivity contribution >= 4 is 50.5 Å². The maximum Gasteiger partial charge on any atom is 0.150 e. The number of nitrogens with zero attached hydrogens (tertiary/aromatic N) is 3. The Morgan fingerprint density at radius 2 is 2.16 bits per heavy atom. The van der Waals surface area contributed by atoms with Crippen LogP contribution in [-0.4, -0.2) is 15.0 Å². The zero-order valence-electron chi connectivity index (χ0n) is 10.5. The summed E-state index contributed by atoms with van der Waals surface area (Å²) in [6, 6.07) is 0. The molecule has 2 N–H and O–H groups in total. The van der Waals surface area contributed by atoms with E-state index in [0.717, 1.165) is 20.4 Å². The first kappa shape index (κ1) is 12.8. The SMILES string of the molecule is Cc1sc2nc(CSc3nccs3)nc(N)c2c1C. The minimum atomic E-state index is 0.585. The van der Waals surface area contributed by atoms with Crippen LogP contribution in [-0.2, 0) is 5.75 Å². The lowest BCUT2D eigenvalue weighted by atomic mass is 10.2. The van der Waals surface area contributed by atoms with E-state index in [0.29, 0.717) is 11.6 Å². The molecular weight excluding hydrogens is 296 g/mol. The number of aryl methyl sites for hydroxylation is 2. The van der Waals surface area contributed by atoms with Gasteiger partial charge in [0, 0.05) is 16.5 Å². The van der Waals surface area contributed by atoms with Crippen LogP contribution in [0.5, 0.6) is 0 Å². The number of thiophene rings is 1. The smallest absolute Gasteiger partial charge is 0.150 e. The van der Waals surface area contributed by atoms with Gasteiger partial charge in [0.15, 0.2) is 0 Å². The van der Waals surface area contributed by atoms with Crippen LogP contribution in [0, 0.1) is 13.8 Å². The molecule has 7 heteroatoms. The van der Waals surface area contributed by atoms with Gasteiger partial charge in [0.2, 0.25) is 0 Å². The van der Waals surface area contributed by atoms with Crippen LogP contribution in [0.1, 0.15) is 16.3 Å². The minimum absolute atomic E-state index is 0.585. The van der Waals surface area contributed by atoms with Crippen molar-refractivity contribution in [2.75, 3.05) is 5.73 Å². The molecule has 3 aromatic heterocycles. The number of nitrogen functional groups attached to an aromatic ring is 1. The van der Waals surface area contributed by atoms with Crippen molar-refractivity contribution in [2.45, 2.75) is 23.9 Å². The van der Waals surface area contributed by atoms with Gasteiger partial charge in [-0.25, -0.2) is 15.0 Å². The molecule has 0 saturated heterocycles. The van der Waals surface area contributed by atoms with Crippen molar-refractivity contribution in [3.05, 3.63) is 27.8 Å². The van der Waals surface area contributed by atoms with E-state index >= 15 is 0 Å². The van der Waals surface area contributed by atoms with E-state index in [-0.39, 0.29) is 0 Å². The summed E-state index contributed by atoms with van der Waals surface area (Å²) in [6.45, 7) is 4.16. The number of hydrogen-bond acceptors (Lipinski definition) is 7. The summed E-state index contributed by atoms with van der Waals surface area (Å²) < 4.78 is 1.03. The lowest BCUT2D eigenvalue weighted by Gasteiger charge is -2.02. The van der Waals surface area contributed by atoms with Crippen LogP contribution in [0.4, 0.5) is 5.82 Å². The van der Waals surface area contributed by atoms with Gasteiger partial charge in [0.25, 0.3) is 0 Å². The predicted molar refractivity (Wildman–Crippen MR) is 83.0 cm³/mol. The van der Waals surface area contributed by atoms with Crippen LogP contribution in [0.15, 0.2) is 15.9 Å². The third-order valence-corrected chi connectivity index (χ3v) is 5.90. The molecule has 3 aromatic rings. The molecule has 4 nitrogen and oxygen atoms in total. The average Bonchev–Trinajstić information content (AvgIpc) is 2.96. The van der Waals surface area contributed by atoms with Gasteiger partial charge in [0.1, 0.15) is 20.8 Å². The Labute approximate surface area is 123 Å². The number of thiazole rings is 1. The highest BCUT2D eigenvalue weighted by molar-refractivity contribution is 8.00. The third kappa shape index (κ3) is 2.45. The van der Waals surface area contributed by atoms with Crippen molar-refractivity contribution in [3.8, 4) is 0 Å². The Hall–Kier alpha value is -1.18. The summed E-state index contributed by atoms with van der Waals surface area (Å²) in [5.41, 5.74) is 7.24. The fraction of sp³-hybridized carbons (Fsp3) is 0.250. The number of hydrogen-bond donors (Lipinski definition) is 1. The summed E-state index contributed by atoms with van der Waals surface area (Å²) in [7, 11) is 0. The van der Waals surface area contributed by atoms with E-state index in [1.165, 1.54) is 10.4 Å². The van der Waals surface area contributed by atoms with Crippen LogP contribution in [0.3, 0.4) is 0 Å². The Bertz CT molecular complexity index is 718. The van der Waals surface area contributed by atoms with Crippen LogP contribution in [0.25, 0.3) is 10.2 Å². The molecule has 0 amide bonds. The maximum atomic E-state index is 6.05. The van der Waals surface area contributed by atoms with Crippen LogP contribution < -0.4 is 5.73 Å². The fourth-order valence-corrected chi connectivity index (χ4v) is 4.35. The Morgan fingerprint density at radius 1 is 1.32 bits per heavy atom. The van der Waals surface area contributed by atoms with E-state index in [1.54, 1.807) is 40.6 Å². The highest BCUT2D eigenvalue weighted by Crippen LogP contribution is 2.33. The Morgan fingerprint density at radius 3 is 2.89 bits per heavy atom. The normalized spacial score (nSPS) is 11.3. The molecule has 3 heterocycles. The molecule has 19 heavy (non-hydrogen) atoms. The molecule has 0 aromatic carbocycles. The average molecular weight is 308 g/mol. The van der Waals surface area contributed by atoms with Crippen molar-refractivity contribution in [2.24, 2.45) is 0 Å². The minimum Gasteiger partial charge on any atom is -0.383 e. The predicted octanol–water partition coefficient (Wildman–Crippen LogP) is 3.64. The van der Waals surface area contributed by atoms with Crippen LogP contribution >= 0.6 is 34.4 Å². The zero-order chi connectivity index (χ0) is 13.4. The molecule has 0 bridgehead atoms. The maximum absolute atomic E-state index is 6.05. The quantitative estimate of drug-likeness (QED) is 0.748. The second-order valence-corrected chi connectivity index (χ2v) is 7.40. The highest BCUT2D eigenvalue weighted by atomic mass is 32.2. The van der Waals surface area contributed by atoms with E-state index in [1.807, 2.05) is 5.38 Å². The Balaban J connectivity index is 1.92. The first-order valence-electron chi connectivity index (χ1n) is 5.69. The summed E-state index contributed by atoms with van der Waals surface area (Å²) in [5, 5.41) is 2.97. The van der Waals surface area contributed by atoms with Gasteiger partial charge in [0.05, 0.1) is 11.1 Å². The van der Waals surface area contributed by atoms with Crippen LogP contribution in [0.2, 0.25) is 0 Å². The van der Waals surface area contributed by atoms with E-state index < -0.39 is 0 Å². The molecule has 0 fully saturated rings. The molecule has 0 unspecified atom stereocenters. The molecule has 0 saturated carbocycles. The summed E-state index contributed by atoms with van der Waals surface area (Å²) >= 11 is 4.94. The number of rotatable bonds is 3. The number of anilines is 1. The van der Waals surface area contributed by atoms with Crippen molar-refractivity contribution in [3.63, 3.8) is 0 Å². The van der Waals surface area contributed by atoms with Gasteiger partial charge in [-0.05, 0) is 19.4 Å². The molecule has 3 rings (SSSR count). The second kappa shape index (κ2) is 5.07. The molecule has 0 aliphatic heterocycles. The fourth-order valence-electron chi connectivity index (χ4n) is 1.80. The number of aromatic nitrogens is 3. The lowest BCUT2D eigenvalue weighted by Crippen LogP contribution is -1.99. The molecule has 0 spiro atoms. The number of nitrogens with two attached hydrogens (primary N) is 1. The van der Waals surface area contributed by atoms with E-state index in [2.05, 4.69) is 28.8 Å². The van der Waals surface area contributed by atoms with Crippen molar-refractivity contribution in [1.29, 1.82) is 0 Å². The van der Waals surface area contributed by atoms with Gasteiger partial charge < -0.3 is 5.73 Å². The second-order valence-electron chi connectivity index (χ2n) is 4.08. The van der Waals surface area contributed by atoms with Gasteiger partial charge in [-0.15, -0.1) is 22.7 Å². The zero-order valence-corrected chi connectivity index (χ0v) is 13.0. The molecule has 0 atom stereocenters. The van der Waals surface area contributed by atoms with Crippen molar-refractivity contribution < 1.29 is 0 Å². The molecule has 98 valence electrons.